The molecule has 0 spiro atoms. The first-order valence-corrected chi connectivity index (χ1v) is 2.31. The standard InChI is InChI=1S/H2NO3.Na.Sb.3H/c2-1(3)4;;;;;/h2-3H;;;;;/q-1;;+1;;;. The quantitative estimate of drug-likeness (QED) is 0.359. The van der Waals surface area contributed by atoms with Crippen molar-refractivity contribution in [1.29, 1.82) is 0 Å². The maximum atomic E-state index is 9.21. The molecule has 4 nitrogen and oxygen atoms in total. The molecule has 2 N–H and O–H groups in total. The van der Waals surface area contributed by atoms with E-state index in [0.29, 0.717) is 0 Å². The molecule has 0 amide bonds. The number of rotatable bonds is 0. The Morgan fingerprint density at radius 2 is 1.50 bits per heavy atom. The van der Waals surface area contributed by atoms with Crippen LogP contribution in [0.5, 0.6) is 0 Å². The van der Waals surface area contributed by atoms with Crippen LogP contribution in [0.25, 0.3) is 0 Å². The van der Waals surface area contributed by atoms with Crippen molar-refractivity contribution in [3.63, 3.8) is 0 Å². The number of quaternary nitrogens is 1. The third kappa shape index (κ3) is 44.7. The molecule has 0 aromatic rings. The fourth-order valence-corrected chi connectivity index (χ4v) is 0. The fraction of sp³-hybridized carbons (Fsp3) is 0. The first kappa shape index (κ1) is 10.6. The maximum absolute atomic E-state index is 9.21. The summed E-state index contributed by atoms with van der Waals surface area (Å²) >= 11 is -0.143. The van der Waals surface area contributed by atoms with Gasteiger partial charge in [0, 0.05) is 0 Å². The van der Waals surface area contributed by atoms with Crippen molar-refractivity contribution >= 4 is 52.9 Å². The van der Waals surface area contributed by atoms with E-state index >= 15 is 0 Å². The monoisotopic (exact) mass is 211 g/mol. The van der Waals surface area contributed by atoms with Crippen molar-refractivity contribution in [2.24, 2.45) is 0 Å². The van der Waals surface area contributed by atoms with Crippen LogP contribution >= 0.6 is 0 Å². The molecule has 0 aliphatic carbocycles. The van der Waals surface area contributed by atoms with Gasteiger partial charge in [-0.2, -0.15) is 0 Å². The van der Waals surface area contributed by atoms with Gasteiger partial charge in [0.25, 0.3) is 0 Å². The Morgan fingerprint density at radius 1 is 1.50 bits per heavy atom. The number of nitrogens with zero attached hydrogens (tertiary/aromatic N) is 1. The molecule has 0 fully saturated rings. The molecule has 0 atom stereocenters. The Bertz CT molecular complexity index is 26.3. The Hall–Kier alpha value is 1.66. The summed E-state index contributed by atoms with van der Waals surface area (Å²) < 4.78 is -2.12. The summed E-state index contributed by atoms with van der Waals surface area (Å²) in [6.07, 6.45) is 0. The Labute approximate surface area is 71.0 Å². The van der Waals surface area contributed by atoms with E-state index in [2.05, 4.69) is 0 Å². The predicted octanol–water partition coefficient (Wildman–Crippen LogP) is -2.02. The van der Waals surface area contributed by atoms with Crippen LogP contribution in [0.1, 0.15) is 0 Å². The average molecular weight is 212 g/mol. The second kappa shape index (κ2) is 3.63. The van der Waals surface area contributed by atoms with Gasteiger partial charge in [-0.25, -0.2) is 0 Å². The first-order valence-electron chi connectivity index (χ1n) is 0.841. The van der Waals surface area contributed by atoms with Crippen LogP contribution in [0.15, 0.2) is 0 Å². The van der Waals surface area contributed by atoms with Crippen molar-refractivity contribution in [1.82, 2.24) is 0 Å². The zero-order valence-electron chi connectivity index (χ0n) is 2.33. The number of hydrogen-bond acceptors (Lipinski definition) is 3. The molecule has 0 rings (SSSR count). The van der Waals surface area contributed by atoms with E-state index in [1.54, 1.807) is 0 Å². The van der Waals surface area contributed by atoms with Gasteiger partial charge in [-0.1, -0.05) is 0 Å². The molecule has 0 radical (unpaired) electrons. The summed E-state index contributed by atoms with van der Waals surface area (Å²) in [4.78, 5) is 0. The van der Waals surface area contributed by atoms with Gasteiger partial charge in [-0.15, -0.1) is 0 Å². The van der Waals surface area contributed by atoms with Crippen LogP contribution in [-0.4, -0.2) is 66.4 Å². The molecule has 0 bridgehead atoms. The normalized spacial score (nSPS) is 10.0. The van der Waals surface area contributed by atoms with Crippen LogP contribution in [-0.2, 0) is 0 Å². The van der Waals surface area contributed by atoms with E-state index in [1.807, 2.05) is 0 Å². The molecule has 0 aliphatic heterocycles. The first-order chi connectivity index (χ1) is 2.00. The zero-order valence-corrected chi connectivity index (χ0v) is 5.62. The van der Waals surface area contributed by atoms with Gasteiger partial charge in [0.1, 0.15) is 0 Å². The Kier molecular flexibility index (Phi) is 6.42. The zero-order chi connectivity index (χ0) is 4.50. The minimum absolute atomic E-state index is 0. The third-order valence-electron chi connectivity index (χ3n) is 0. The molecule has 6 heavy (non-hydrogen) atoms. The van der Waals surface area contributed by atoms with E-state index in [1.165, 1.54) is 0 Å². The van der Waals surface area contributed by atoms with Gasteiger partial charge < -0.3 is 0 Å². The summed E-state index contributed by atoms with van der Waals surface area (Å²) in [5, 5.41) is 24.2. The molecule has 0 unspecified atom stereocenters. The van der Waals surface area contributed by atoms with Gasteiger partial charge in [0.2, 0.25) is 0 Å². The predicted molar refractivity (Wildman–Crippen MR) is 22.9 cm³/mol. The summed E-state index contributed by atoms with van der Waals surface area (Å²) in [7, 11) is 0. The van der Waals surface area contributed by atoms with Crippen LogP contribution in [0.4, 0.5) is 0 Å². The average Bonchev–Trinajstić information content (AvgIpc) is 0.722. The van der Waals surface area contributed by atoms with Crippen LogP contribution in [0, 0.1) is 5.21 Å². The van der Waals surface area contributed by atoms with E-state index < -0.39 is 3.13 Å². The van der Waals surface area contributed by atoms with Gasteiger partial charge in [-0.05, 0) is 0 Å². The van der Waals surface area contributed by atoms with Gasteiger partial charge in [-0.3, -0.25) is 0 Å². The Balaban J connectivity index is 0. The molecule has 0 aromatic carbocycles. The molecule has 0 saturated carbocycles. The molecular weight excluding hydrogens is 207 g/mol. The van der Waals surface area contributed by atoms with Gasteiger partial charge in [0.05, 0.1) is 0 Å². The van der Waals surface area contributed by atoms with Crippen molar-refractivity contribution in [2.45, 2.75) is 0 Å². The van der Waals surface area contributed by atoms with Crippen LogP contribution in [0.3, 0.4) is 0 Å². The van der Waals surface area contributed by atoms with Gasteiger partial charge in [0.15, 0.2) is 0 Å². The molecular formula is H5NNaO3Sb. The SMILES string of the molecule is [NaH].[O-][N+](O)(O)[SbH2]. The summed E-state index contributed by atoms with van der Waals surface area (Å²) in [5.74, 6) is 0. The molecule has 0 aliphatic rings. The molecule has 0 aromatic heterocycles. The van der Waals surface area contributed by atoms with E-state index in [9.17, 15) is 5.21 Å². The molecule has 0 saturated heterocycles. The van der Waals surface area contributed by atoms with Gasteiger partial charge >= 0.3 is 71.6 Å². The third-order valence-corrected chi connectivity index (χ3v) is 0. The number of hydrogen-bond donors (Lipinski definition) is 2. The second-order valence-corrected chi connectivity index (χ2v) is 2.51. The topological polar surface area (TPSA) is 63.5 Å². The fourth-order valence-electron chi connectivity index (χ4n) is 0. The van der Waals surface area contributed by atoms with E-state index in [0.717, 1.165) is 0 Å². The molecule has 34 valence electrons. The van der Waals surface area contributed by atoms with Crippen molar-refractivity contribution in [3.8, 4) is 0 Å². The van der Waals surface area contributed by atoms with E-state index in [4.69, 9.17) is 10.4 Å². The summed E-state index contributed by atoms with van der Waals surface area (Å²) in [6, 6.07) is 0. The van der Waals surface area contributed by atoms with Crippen LogP contribution < -0.4 is 0 Å². The van der Waals surface area contributed by atoms with Crippen molar-refractivity contribution in [3.05, 3.63) is 5.21 Å². The molecule has 0 heterocycles. The van der Waals surface area contributed by atoms with Crippen molar-refractivity contribution in [2.75, 3.05) is 0 Å². The second-order valence-electron chi connectivity index (χ2n) is 0.589. The minimum atomic E-state index is -2.12. The van der Waals surface area contributed by atoms with Crippen molar-refractivity contribution < 1.29 is 13.5 Å². The van der Waals surface area contributed by atoms with Crippen LogP contribution in [0.2, 0.25) is 0 Å². The summed E-state index contributed by atoms with van der Waals surface area (Å²) in [6.45, 7) is 0. The Morgan fingerprint density at radius 3 is 1.50 bits per heavy atom. The summed E-state index contributed by atoms with van der Waals surface area (Å²) in [5.41, 5.74) is 0. The molecule has 6 heteroatoms. The van der Waals surface area contributed by atoms with E-state index in [-0.39, 0.29) is 52.9 Å².